The lowest BCUT2D eigenvalue weighted by Crippen LogP contribution is -2.54. The normalized spacial score (nSPS) is 25.4. The lowest BCUT2D eigenvalue weighted by molar-refractivity contribution is -0.0647. The van der Waals surface area contributed by atoms with Crippen molar-refractivity contribution >= 4 is 6.09 Å². The standard InChI is InChI=1S/C19H27F2NO3/c1-19(2,3)22(18(23)24)14-9-10-17(15(20)11-14)25-12-16(21)13-7-5-4-6-8-13/h4-8,14-17H,9-12H2,1-3H3,(H,23,24). The maximum atomic E-state index is 14.5. The quantitative estimate of drug-likeness (QED) is 0.829. The summed E-state index contributed by atoms with van der Waals surface area (Å²) in [5, 5.41) is 9.44. The number of alkyl halides is 2. The van der Waals surface area contributed by atoms with Gasteiger partial charge in [0, 0.05) is 18.0 Å². The summed E-state index contributed by atoms with van der Waals surface area (Å²) in [6, 6.07) is 8.26. The molecule has 0 heterocycles. The van der Waals surface area contributed by atoms with Crippen LogP contribution in [0.1, 0.15) is 51.8 Å². The summed E-state index contributed by atoms with van der Waals surface area (Å²) < 4.78 is 34.1. The molecule has 1 aromatic carbocycles. The Labute approximate surface area is 147 Å². The Balaban J connectivity index is 1.90. The fraction of sp³-hybridized carbons (Fsp3) is 0.632. The topological polar surface area (TPSA) is 49.8 Å². The Hall–Kier alpha value is -1.69. The van der Waals surface area contributed by atoms with Crippen molar-refractivity contribution in [2.75, 3.05) is 6.61 Å². The molecule has 0 radical (unpaired) electrons. The van der Waals surface area contributed by atoms with E-state index in [0.29, 0.717) is 18.4 Å². The zero-order chi connectivity index (χ0) is 18.6. The van der Waals surface area contributed by atoms with Crippen LogP contribution in [0.15, 0.2) is 30.3 Å². The molecule has 1 aliphatic carbocycles. The predicted octanol–water partition coefficient (Wildman–Crippen LogP) is 4.75. The van der Waals surface area contributed by atoms with E-state index in [-0.39, 0.29) is 19.1 Å². The second-order valence-electron chi connectivity index (χ2n) is 7.56. The minimum atomic E-state index is -1.30. The van der Waals surface area contributed by atoms with Gasteiger partial charge in [0.2, 0.25) is 0 Å². The smallest absolute Gasteiger partial charge is 0.407 e. The maximum Gasteiger partial charge on any atom is 0.407 e. The van der Waals surface area contributed by atoms with Crippen molar-refractivity contribution in [1.29, 1.82) is 0 Å². The summed E-state index contributed by atoms with van der Waals surface area (Å²) >= 11 is 0. The Bertz CT molecular complexity index is 562. The molecule has 4 unspecified atom stereocenters. The van der Waals surface area contributed by atoms with Crippen molar-refractivity contribution in [1.82, 2.24) is 4.90 Å². The van der Waals surface area contributed by atoms with E-state index in [9.17, 15) is 18.7 Å². The number of benzene rings is 1. The predicted molar refractivity (Wildman–Crippen MR) is 92.2 cm³/mol. The van der Waals surface area contributed by atoms with Crippen LogP contribution in [0.2, 0.25) is 0 Å². The van der Waals surface area contributed by atoms with Crippen LogP contribution in [0.25, 0.3) is 0 Å². The molecule has 0 bridgehead atoms. The number of hydrogen-bond donors (Lipinski definition) is 1. The number of halogens is 2. The van der Waals surface area contributed by atoms with Gasteiger partial charge in [0.05, 0.1) is 12.7 Å². The zero-order valence-corrected chi connectivity index (χ0v) is 15.0. The van der Waals surface area contributed by atoms with Gasteiger partial charge in [0.1, 0.15) is 12.3 Å². The number of rotatable bonds is 5. The average Bonchev–Trinajstić information content (AvgIpc) is 2.53. The van der Waals surface area contributed by atoms with Gasteiger partial charge in [-0.25, -0.2) is 13.6 Å². The number of hydrogen-bond acceptors (Lipinski definition) is 2. The van der Waals surface area contributed by atoms with Crippen molar-refractivity contribution in [3.8, 4) is 0 Å². The molecule has 0 aliphatic heterocycles. The Kier molecular flexibility index (Phi) is 6.38. The number of ether oxygens (including phenoxy) is 1. The van der Waals surface area contributed by atoms with Gasteiger partial charge < -0.3 is 14.7 Å². The first-order valence-corrected chi connectivity index (χ1v) is 8.67. The second-order valence-corrected chi connectivity index (χ2v) is 7.56. The van der Waals surface area contributed by atoms with E-state index in [0.717, 1.165) is 0 Å². The van der Waals surface area contributed by atoms with Crippen molar-refractivity contribution in [2.45, 2.75) is 70.1 Å². The highest BCUT2D eigenvalue weighted by Gasteiger charge is 2.40. The zero-order valence-electron chi connectivity index (χ0n) is 15.0. The van der Waals surface area contributed by atoms with Crippen molar-refractivity contribution < 1.29 is 23.4 Å². The Morgan fingerprint density at radius 2 is 1.96 bits per heavy atom. The first-order chi connectivity index (χ1) is 11.7. The molecule has 0 spiro atoms. The molecule has 2 rings (SSSR count). The molecular formula is C19H27F2NO3. The van der Waals surface area contributed by atoms with Gasteiger partial charge in [-0.15, -0.1) is 0 Å². The maximum absolute atomic E-state index is 14.5. The minimum Gasteiger partial charge on any atom is -0.465 e. The highest BCUT2D eigenvalue weighted by atomic mass is 19.1. The lowest BCUT2D eigenvalue weighted by Gasteiger charge is -2.43. The third-order valence-electron chi connectivity index (χ3n) is 4.60. The Morgan fingerprint density at radius 3 is 2.48 bits per heavy atom. The van der Waals surface area contributed by atoms with Gasteiger partial charge in [-0.1, -0.05) is 30.3 Å². The molecule has 25 heavy (non-hydrogen) atoms. The lowest BCUT2D eigenvalue weighted by atomic mass is 9.88. The molecule has 1 N–H and O–H groups in total. The fourth-order valence-corrected chi connectivity index (χ4v) is 3.45. The van der Waals surface area contributed by atoms with E-state index in [2.05, 4.69) is 0 Å². The largest absolute Gasteiger partial charge is 0.465 e. The van der Waals surface area contributed by atoms with Crippen molar-refractivity contribution in [2.24, 2.45) is 0 Å². The van der Waals surface area contributed by atoms with E-state index < -0.39 is 30.1 Å². The Morgan fingerprint density at radius 1 is 1.32 bits per heavy atom. The van der Waals surface area contributed by atoms with E-state index in [1.807, 2.05) is 0 Å². The van der Waals surface area contributed by atoms with Crippen LogP contribution in [0.3, 0.4) is 0 Å². The van der Waals surface area contributed by atoms with Gasteiger partial charge in [-0.2, -0.15) is 0 Å². The summed E-state index contributed by atoms with van der Waals surface area (Å²) in [7, 11) is 0. The van der Waals surface area contributed by atoms with E-state index >= 15 is 0 Å². The monoisotopic (exact) mass is 355 g/mol. The van der Waals surface area contributed by atoms with Gasteiger partial charge in [0.15, 0.2) is 0 Å². The van der Waals surface area contributed by atoms with Crippen LogP contribution in [0.5, 0.6) is 0 Å². The van der Waals surface area contributed by atoms with Crippen molar-refractivity contribution in [3.05, 3.63) is 35.9 Å². The first kappa shape index (κ1) is 19.6. The van der Waals surface area contributed by atoms with Gasteiger partial charge in [0.25, 0.3) is 0 Å². The van der Waals surface area contributed by atoms with Crippen LogP contribution in [-0.4, -0.2) is 46.6 Å². The summed E-state index contributed by atoms with van der Waals surface area (Å²) in [6.45, 7) is 5.20. The fourth-order valence-electron chi connectivity index (χ4n) is 3.45. The van der Waals surface area contributed by atoms with Gasteiger partial charge in [-0.3, -0.25) is 0 Å². The summed E-state index contributed by atoms with van der Waals surface area (Å²) in [5.41, 5.74) is -0.0854. The third kappa shape index (κ3) is 5.14. The number of carboxylic acid groups (broad SMARTS) is 1. The highest BCUT2D eigenvalue weighted by molar-refractivity contribution is 5.66. The summed E-state index contributed by atoms with van der Waals surface area (Å²) in [6.07, 6.45) is -3.35. The molecule has 6 heteroatoms. The highest BCUT2D eigenvalue weighted by Crippen LogP contribution is 2.32. The van der Waals surface area contributed by atoms with Gasteiger partial charge in [-0.05, 0) is 39.2 Å². The number of nitrogens with zero attached hydrogens (tertiary/aromatic N) is 1. The molecule has 4 atom stereocenters. The molecule has 4 nitrogen and oxygen atoms in total. The van der Waals surface area contributed by atoms with Crippen LogP contribution < -0.4 is 0 Å². The van der Waals surface area contributed by atoms with E-state index in [1.165, 1.54) is 4.90 Å². The second kappa shape index (κ2) is 8.13. The molecule has 1 aromatic rings. The third-order valence-corrected chi connectivity index (χ3v) is 4.60. The van der Waals surface area contributed by atoms with E-state index in [4.69, 9.17) is 4.74 Å². The van der Waals surface area contributed by atoms with Crippen molar-refractivity contribution in [3.63, 3.8) is 0 Å². The molecule has 0 saturated heterocycles. The number of carbonyl (C=O) groups is 1. The van der Waals surface area contributed by atoms with Crippen LogP contribution >= 0.6 is 0 Å². The molecule has 0 aromatic heterocycles. The molecule has 1 amide bonds. The SMILES string of the molecule is CC(C)(C)N(C(=O)O)C1CCC(OCC(F)c2ccccc2)C(F)C1. The molecule has 1 saturated carbocycles. The minimum absolute atomic E-state index is 0.0799. The molecular weight excluding hydrogens is 328 g/mol. The van der Waals surface area contributed by atoms with Crippen LogP contribution in [0, 0.1) is 0 Å². The summed E-state index contributed by atoms with van der Waals surface area (Å²) in [4.78, 5) is 12.8. The summed E-state index contributed by atoms with van der Waals surface area (Å²) in [5.74, 6) is 0. The van der Waals surface area contributed by atoms with Crippen LogP contribution in [0.4, 0.5) is 13.6 Å². The molecule has 1 fully saturated rings. The first-order valence-electron chi connectivity index (χ1n) is 8.67. The van der Waals surface area contributed by atoms with Crippen LogP contribution in [-0.2, 0) is 4.74 Å². The number of amides is 1. The van der Waals surface area contributed by atoms with Gasteiger partial charge >= 0.3 is 6.09 Å². The molecule has 1 aliphatic rings. The van der Waals surface area contributed by atoms with E-state index in [1.54, 1.807) is 51.1 Å². The average molecular weight is 355 g/mol. The molecule has 140 valence electrons.